The highest BCUT2D eigenvalue weighted by molar-refractivity contribution is 5.73. The number of rotatable bonds is 3. The molecule has 0 aromatic carbocycles. The minimum Gasteiger partial charge on any atom is -0.480 e. The van der Waals surface area contributed by atoms with E-state index in [1.807, 2.05) is 0 Å². The number of piperidine rings is 3. The van der Waals surface area contributed by atoms with Gasteiger partial charge in [-0.3, -0.25) is 4.79 Å². The van der Waals surface area contributed by atoms with Gasteiger partial charge in [-0.1, -0.05) is 0 Å². The summed E-state index contributed by atoms with van der Waals surface area (Å²) in [6.07, 6.45) is 5.79. The van der Waals surface area contributed by atoms with E-state index in [0.29, 0.717) is 12.3 Å². The Balaban J connectivity index is 1.63. The molecule has 3 aliphatic heterocycles. The van der Waals surface area contributed by atoms with Crippen LogP contribution < -0.4 is 5.73 Å². The van der Waals surface area contributed by atoms with Gasteiger partial charge in [0.05, 0.1) is 0 Å². The molecule has 4 aliphatic rings. The molecule has 2 bridgehead atoms. The van der Waals surface area contributed by atoms with Gasteiger partial charge < -0.3 is 15.7 Å². The number of nitrogens with zero attached hydrogens (tertiary/aromatic N) is 1. The first kappa shape index (κ1) is 11.5. The van der Waals surface area contributed by atoms with Gasteiger partial charge in [-0.2, -0.15) is 0 Å². The average Bonchev–Trinajstić information content (AvgIpc) is 2.75. The van der Waals surface area contributed by atoms with Crippen LogP contribution in [0.5, 0.6) is 0 Å². The van der Waals surface area contributed by atoms with E-state index in [1.165, 1.54) is 38.8 Å². The molecule has 0 amide bonds. The molecule has 1 saturated carbocycles. The number of hydrogen-bond acceptors (Lipinski definition) is 3. The SMILES string of the molecule is NC(CC1CC2C3CCN(CC3)C2C1)C(=O)O. The van der Waals surface area contributed by atoms with Crippen LogP contribution >= 0.6 is 0 Å². The first-order valence-electron chi connectivity index (χ1n) is 6.87. The number of carboxylic acids is 1. The minimum absolute atomic E-state index is 0.539. The van der Waals surface area contributed by atoms with Crippen LogP contribution in [0.1, 0.15) is 32.1 Å². The molecule has 0 aromatic rings. The topological polar surface area (TPSA) is 66.6 Å². The van der Waals surface area contributed by atoms with Crippen molar-refractivity contribution in [1.29, 1.82) is 0 Å². The van der Waals surface area contributed by atoms with E-state index in [0.717, 1.165) is 17.9 Å². The van der Waals surface area contributed by atoms with Gasteiger partial charge in [0.25, 0.3) is 0 Å². The van der Waals surface area contributed by atoms with Gasteiger partial charge in [-0.05, 0) is 62.9 Å². The van der Waals surface area contributed by atoms with Gasteiger partial charge in [-0.25, -0.2) is 0 Å². The Morgan fingerprint density at radius 1 is 1.35 bits per heavy atom. The Morgan fingerprint density at radius 2 is 2.06 bits per heavy atom. The zero-order chi connectivity index (χ0) is 12.0. The number of carboxylic acid groups (broad SMARTS) is 1. The lowest BCUT2D eigenvalue weighted by Crippen LogP contribution is -2.52. The standard InChI is InChI=1S/C13H22N2O2/c14-11(13(16)17)6-8-5-10-9-1-3-15(4-2-9)12(10)7-8/h8-12H,1-7,14H2,(H,16,17). The third-order valence-electron chi connectivity index (χ3n) is 5.23. The lowest BCUT2D eigenvalue weighted by molar-refractivity contribution is -0.138. The molecule has 3 N–H and O–H groups in total. The van der Waals surface area contributed by atoms with Gasteiger partial charge in [0, 0.05) is 6.04 Å². The van der Waals surface area contributed by atoms with Crippen LogP contribution in [0.2, 0.25) is 0 Å². The molecule has 0 spiro atoms. The fraction of sp³-hybridized carbons (Fsp3) is 0.923. The largest absolute Gasteiger partial charge is 0.480 e. The maximum atomic E-state index is 10.8. The molecule has 1 aliphatic carbocycles. The smallest absolute Gasteiger partial charge is 0.320 e. The van der Waals surface area contributed by atoms with Crippen molar-refractivity contribution in [3.8, 4) is 0 Å². The predicted molar refractivity (Wildman–Crippen MR) is 64.5 cm³/mol. The quantitative estimate of drug-likeness (QED) is 0.767. The second-order valence-electron chi connectivity index (χ2n) is 6.12. The van der Waals surface area contributed by atoms with E-state index < -0.39 is 12.0 Å². The van der Waals surface area contributed by atoms with Gasteiger partial charge in [0.2, 0.25) is 0 Å². The average molecular weight is 238 g/mol. The molecular formula is C13H22N2O2. The van der Waals surface area contributed by atoms with E-state index in [1.54, 1.807) is 0 Å². The monoisotopic (exact) mass is 238 g/mol. The molecule has 0 radical (unpaired) electrons. The number of nitrogens with two attached hydrogens (primary N) is 1. The molecule has 3 heterocycles. The van der Waals surface area contributed by atoms with Crippen molar-refractivity contribution in [3.63, 3.8) is 0 Å². The third kappa shape index (κ3) is 1.97. The zero-order valence-corrected chi connectivity index (χ0v) is 10.2. The molecular weight excluding hydrogens is 216 g/mol. The second kappa shape index (κ2) is 4.25. The highest BCUT2D eigenvalue weighted by Gasteiger charge is 2.47. The van der Waals surface area contributed by atoms with Crippen molar-refractivity contribution in [3.05, 3.63) is 0 Å². The second-order valence-corrected chi connectivity index (χ2v) is 6.12. The summed E-state index contributed by atoms with van der Waals surface area (Å²) in [6, 6.07) is 0.0845. The molecule has 4 atom stereocenters. The molecule has 4 nitrogen and oxygen atoms in total. The van der Waals surface area contributed by atoms with Crippen molar-refractivity contribution < 1.29 is 9.90 Å². The fourth-order valence-electron chi connectivity index (χ4n) is 4.41. The minimum atomic E-state index is -0.844. The highest BCUT2D eigenvalue weighted by Crippen LogP contribution is 2.48. The third-order valence-corrected chi connectivity index (χ3v) is 5.23. The molecule has 96 valence electrons. The van der Waals surface area contributed by atoms with E-state index in [9.17, 15) is 4.79 Å². The summed E-state index contributed by atoms with van der Waals surface area (Å²) in [5, 5.41) is 8.88. The Labute approximate surface area is 102 Å². The van der Waals surface area contributed by atoms with Crippen LogP contribution in [-0.4, -0.2) is 41.1 Å². The van der Waals surface area contributed by atoms with E-state index in [2.05, 4.69) is 4.90 Å². The van der Waals surface area contributed by atoms with Crippen LogP contribution in [-0.2, 0) is 4.79 Å². The fourth-order valence-corrected chi connectivity index (χ4v) is 4.41. The van der Waals surface area contributed by atoms with Crippen molar-refractivity contribution in [1.82, 2.24) is 4.90 Å². The summed E-state index contributed by atoms with van der Waals surface area (Å²) in [5.41, 5.74) is 5.66. The number of hydrogen-bond donors (Lipinski definition) is 2. The molecule has 4 fully saturated rings. The summed E-state index contributed by atoms with van der Waals surface area (Å²) in [4.78, 5) is 13.4. The first-order valence-corrected chi connectivity index (χ1v) is 6.87. The summed E-state index contributed by atoms with van der Waals surface area (Å²) in [7, 11) is 0. The lowest BCUT2D eigenvalue weighted by Gasteiger charge is -2.48. The van der Waals surface area contributed by atoms with E-state index >= 15 is 0 Å². The van der Waals surface area contributed by atoms with Crippen molar-refractivity contribution in [2.45, 2.75) is 44.2 Å². The van der Waals surface area contributed by atoms with E-state index in [-0.39, 0.29) is 0 Å². The normalized spacial score (nSPS) is 45.6. The van der Waals surface area contributed by atoms with Gasteiger partial charge in [0.15, 0.2) is 0 Å². The lowest BCUT2D eigenvalue weighted by atomic mass is 9.75. The van der Waals surface area contributed by atoms with Crippen molar-refractivity contribution >= 4 is 5.97 Å². The van der Waals surface area contributed by atoms with Gasteiger partial charge in [-0.15, -0.1) is 0 Å². The molecule has 4 unspecified atom stereocenters. The Kier molecular flexibility index (Phi) is 2.87. The number of aliphatic carboxylic acids is 1. The summed E-state index contributed by atoms with van der Waals surface area (Å²) < 4.78 is 0. The summed E-state index contributed by atoms with van der Waals surface area (Å²) in [6.45, 7) is 2.53. The molecule has 4 heteroatoms. The van der Waals surface area contributed by atoms with Crippen LogP contribution in [0.25, 0.3) is 0 Å². The summed E-state index contributed by atoms with van der Waals surface area (Å²) >= 11 is 0. The van der Waals surface area contributed by atoms with E-state index in [4.69, 9.17) is 10.8 Å². The number of fused-ring (bicyclic) bond motifs is 2. The maximum Gasteiger partial charge on any atom is 0.320 e. The Bertz CT molecular complexity index is 293. The highest BCUT2D eigenvalue weighted by atomic mass is 16.4. The van der Waals surface area contributed by atoms with Crippen LogP contribution in [0, 0.1) is 17.8 Å². The van der Waals surface area contributed by atoms with Crippen LogP contribution in [0.15, 0.2) is 0 Å². The van der Waals surface area contributed by atoms with Gasteiger partial charge in [0.1, 0.15) is 6.04 Å². The molecule has 4 rings (SSSR count). The molecule has 3 saturated heterocycles. The maximum absolute atomic E-state index is 10.8. The Morgan fingerprint density at radius 3 is 2.65 bits per heavy atom. The Hall–Kier alpha value is -0.610. The van der Waals surface area contributed by atoms with Crippen LogP contribution in [0.3, 0.4) is 0 Å². The zero-order valence-electron chi connectivity index (χ0n) is 10.2. The van der Waals surface area contributed by atoms with Crippen molar-refractivity contribution in [2.75, 3.05) is 13.1 Å². The number of carbonyl (C=O) groups is 1. The predicted octanol–water partition coefficient (Wildman–Crippen LogP) is 0.909. The van der Waals surface area contributed by atoms with Gasteiger partial charge >= 0.3 is 5.97 Å². The summed E-state index contributed by atoms with van der Waals surface area (Å²) in [5.74, 6) is 1.44. The van der Waals surface area contributed by atoms with Crippen molar-refractivity contribution in [2.24, 2.45) is 23.5 Å². The molecule has 0 aromatic heterocycles. The van der Waals surface area contributed by atoms with Crippen LogP contribution in [0.4, 0.5) is 0 Å². The first-order chi connectivity index (χ1) is 8.15. The molecule has 17 heavy (non-hydrogen) atoms.